The van der Waals surface area contributed by atoms with Crippen molar-refractivity contribution < 1.29 is 9.53 Å². The van der Waals surface area contributed by atoms with Crippen LogP contribution in [-0.2, 0) is 16.0 Å². The molecule has 5 heteroatoms. The third kappa shape index (κ3) is 5.68. The standard InChI is InChI=1S/C12H20N2O2S/c1-12(2,3)8-13-11-14-9(7-17-11)5-6-10(15)16-4/h7H,5-6,8H2,1-4H3,(H,13,14). The van der Waals surface area contributed by atoms with Gasteiger partial charge >= 0.3 is 5.97 Å². The summed E-state index contributed by atoms with van der Waals surface area (Å²) in [6.45, 7) is 7.40. The number of methoxy groups -OCH3 is 1. The fraction of sp³-hybridized carbons (Fsp3) is 0.667. The lowest BCUT2D eigenvalue weighted by molar-refractivity contribution is -0.140. The summed E-state index contributed by atoms with van der Waals surface area (Å²) in [4.78, 5) is 15.4. The van der Waals surface area contributed by atoms with E-state index >= 15 is 0 Å². The summed E-state index contributed by atoms with van der Waals surface area (Å²) in [5, 5.41) is 6.19. The van der Waals surface area contributed by atoms with Crippen LogP contribution in [0.15, 0.2) is 5.38 Å². The Bertz CT molecular complexity index is 369. The normalized spacial score (nSPS) is 11.3. The van der Waals surface area contributed by atoms with Gasteiger partial charge in [0.2, 0.25) is 0 Å². The van der Waals surface area contributed by atoms with Gasteiger partial charge in [0.25, 0.3) is 0 Å². The number of ether oxygens (including phenoxy) is 1. The number of nitrogens with zero attached hydrogens (tertiary/aromatic N) is 1. The summed E-state index contributed by atoms with van der Waals surface area (Å²) < 4.78 is 4.59. The summed E-state index contributed by atoms with van der Waals surface area (Å²) in [6.07, 6.45) is 1.03. The molecule has 0 aliphatic heterocycles. The number of nitrogens with one attached hydrogen (secondary N) is 1. The highest BCUT2D eigenvalue weighted by Gasteiger charge is 2.11. The molecule has 1 N–H and O–H groups in total. The van der Waals surface area contributed by atoms with Crippen molar-refractivity contribution >= 4 is 22.4 Å². The maximum atomic E-state index is 11.0. The van der Waals surface area contributed by atoms with Crippen molar-refractivity contribution in [3.63, 3.8) is 0 Å². The number of carbonyl (C=O) groups is 1. The molecular formula is C12H20N2O2S. The van der Waals surface area contributed by atoms with E-state index in [9.17, 15) is 4.79 Å². The van der Waals surface area contributed by atoms with Gasteiger partial charge in [-0.15, -0.1) is 11.3 Å². The van der Waals surface area contributed by atoms with Crippen molar-refractivity contribution in [3.8, 4) is 0 Å². The van der Waals surface area contributed by atoms with Gasteiger partial charge in [0.1, 0.15) is 0 Å². The van der Waals surface area contributed by atoms with Crippen LogP contribution in [0.4, 0.5) is 5.13 Å². The van der Waals surface area contributed by atoms with Gasteiger partial charge in [-0.1, -0.05) is 20.8 Å². The smallest absolute Gasteiger partial charge is 0.305 e. The van der Waals surface area contributed by atoms with Crippen LogP contribution in [0.5, 0.6) is 0 Å². The second-order valence-corrected chi connectivity index (χ2v) is 5.99. The van der Waals surface area contributed by atoms with E-state index in [0.717, 1.165) is 17.4 Å². The number of aromatic nitrogens is 1. The minimum Gasteiger partial charge on any atom is -0.469 e. The van der Waals surface area contributed by atoms with Crippen molar-refractivity contribution in [1.82, 2.24) is 4.98 Å². The largest absolute Gasteiger partial charge is 0.469 e. The summed E-state index contributed by atoms with van der Waals surface area (Å²) in [5.41, 5.74) is 1.18. The number of carbonyl (C=O) groups excluding carboxylic acids is 1. The van der Waals surface area contributed by atoms with E-state index in [4.69, 9.17) is 0 Å². The fourth-order valence-electron chi connectivity index (χ4n) is 1.18. The highest BCUT2D eigenvalue weighted by atomic mass is 32.1. The summed E-state index contributed by atoms with van der Waals surface area (Å²) in [6, 6.07) is 0. The summed E-state index contributed by atoms with van der Waals surface area (Å²) in [5.74, 6) is -0.192. The Morgan fingerprint density at radius 3 is 2.82 bits per heavy atom. The molecule has 17 heavy (non-hydrogen) atoms. The molecule has 1 aromatic heterocycles. The lowest BCUT2D eigenvalue weighted by Crippen LogP contribution is -2.18. The van der Waals surface area contributed by atoms with Crippen LogP contribution in [0, 0.1) is 5.41 Å². The number of aryl methyl sites for hydroxylation is 1. The second-order valence-electron chi connectivity index (χ2n) is 5.13. The van der Waals surface area contributed by atoms with Crippen molar-refractivity contribution in [1.29, 1.82) is 0 Å². The maximum Gasteiger partial charge on any atom is 0.305 e. The third-order valence-electron chi connectivity index (χ3n) is 2.13. The molecule has 0 fully saturated rings. The minimum atomic E-state index is -0.192. The number of thiazole rings is 1. The molecular weight excluding hydrogens is 236 g/mol. The number of rotatable bonds is 5. The Hall–Kier alpha value is -1.10. The molecule has 0 aromatic carbocycles. The van der Waals surface area contributed by atoms with E-state index < -0.39 is 0 Å². The lowest BCUT2D eigenvalue weighted by Gasteiger charge is -2.17. The molecule has 0 saturated carbocycles. The SMILES string of the molecule is COC(=O)CCc1csc(NCC(C)(C)C)n1. The Kier molecular flexibility index (Phi) is 4.93. The van der Waals surface area contributed by atoms with Crippen LogP contribution in [0.3, 0.4) is 0 Å². The third-order valence-corrected chi connectivity index (χ3v) is 2.98. The molecule has 0 aliphatic rings. The van der Waals surface area contributed by atoms with Crippen LogP contribution < -0.4 is 5.32 Å². The van der Waals surface area contributed by atoms with Crippen LogP contribution >= 0.6 is 11.3 Å². The second kappa shape index (κ2) is 6.00. The van der Waals surface area contributed by atoms with Crippen molar-refractivity contribution in [2.75, 3.05) is 19.0 Å². The van der Waals surface area contributed by atoms with Gasteiger partial charge in [0.05, 0.1) is 19.2 Å². The van der Waals surface area contributed by atoms with Gasteiger partial charge in [0, 0.05) is 18.3 Å². The first-order valence-electron chi connectivity index (χ1n) is 5.66. The predicted molar refractivity (Wildman–Crippen MR) is 70.4 cm³/mol. The van der Waals surface area contributed by atoms with Crippen LogP contribution in [0.2, 0.25) is 0 Å². The van der Waals surface area contributed by atoms with Gasteiger partial charge in [-0.05, 0) is 5.41 Å². The highest BCUT2D eigenvalue weighted by molar-refractivity contribution is 7.13. The molecule has 1 heterocycles. The van der Waals surface area contributed by atoms with Crippen molar-refractivity contribution in [2.45, 2.75) is 33.6 Å². The first-order valence-corrected chi connectivity index (χ1v) is 6.54. The highest BCUT2D eigenvalue weighted by Crippen LogP contribution is 2.19. The Morgan fingerprint density at radius 2 is 2.24 bits per heavy atom. The molecule has 0 unspecified atom stereocenters. The molecule has 0 spiro atoms. The Morgan fingerprint density at radius 1 is 1.53 bits per heavy atom. The molecule has 1 aromatic rings. The van der Waals surface area contributed by atoms with Crippen molar-refractivity contribution in [2.24, 2.45) is 5.41 Å². The quantitative estimate of drug-likeness (QED) is 0.823. The fourth-order valence-corrected chi connectivity index (χ4v) is 1.92. The molecule has 1 rings (SSSR count). The number of hydrogen-bond donors (Lipinski definition) is 1. The predicted octanol–water partition coefficient (Wildman–Crippen LogP) is 2.71. The van der Waals surface area contributed by atoms with E-state index in [1.54, 1.807) is 11.3 Å². The van der Waals surface area contributed by atoms with Gasteiger partial charge < -0.3 is 10.1 Å². The zero-order valence-electron chi connectivity index (χ0n) is 10.9. The average molecular weight is 256 g/mol. The minimum absolute atomic E-state index is 0.192. The first kappa shape index (κ1) is 14.0. The molecule has 96 valence electrons. The number of esters is 1. The Balaban J connectivity index is 2.40. The Labute approximate surface area is 106 Å². The van der Waals surface area contributed by atoms with Crippen LogP contribution in [-0.4, -0.2) is 24.6 Å². The van der Waals surface area contributed by atoms with Crippen molar-refractivity contribution in [3.05, 3.63) is 11.1 Å². The van der Waals surface area contributed by atoms with E-state index in [2.05, 4.69) is 35.8 Å². The van der Waals surface area contributed by atoms with E-state index in [1.807, 2.05) is 5.38 Å². The zero-order chi connectivity index (χ0) is 12.9. The monoisotopic (exact) mass is 256 g/mol. The molecule has 0 saturated heterocycles. The molecule has 0 amide bonds. The zero-order valence-corrected chi connectivity index (χ0v) is 11.7. The molecule has 0 aliphatic carbocycles. The molecule has 0 bridgehead atoms. The van der Waals surface area contributed by atoms with Crippen LogP contribution in [0.1, 0.15) is 32.9 Å². The van der Waals surface area contributed by atoms with Gasteiger partial charge in [-0.3, -0.25) is 4.79 Å². The van der Waals surface area contributed by atoms with E-state index in [1.165, 1.54) is 7.11 Å². The summed E-state index contributed by atoms with van der Waals surface area (Å²) >= 11 is 1.58. The summed E-state index contributed by atoms with van der Waals surface area (Å²) in [7, 11) is 1.40. The lowest BCUT2D eigenvalue weighted by atomic mass is 9.97. The van der Waals surface area contributed by atoms with Gasteiger partial charge in [-0.25, -0.2) is 4.98 Å². The maximum absolute atomic E-state index is 11.0. The molecule has 0 radical (unpaired) electrons. The number of anilines is 1. The van der Waals surface area contributed by atoms with Crippen LogP contribution in [0.25, 0.3) is 0 Å². The van der Waals surface area contributed by atoms with Gasteiger partial charge in [-0.2, -0.15) is 0 Å². The molecule has 0 atom stereocenters. The average Bonchev–Trinajstić information content (AvgIpc) is 2.70. The first-order chi connectivity index (χ1) is 7.90. The number of hydrogen-bond acceptors (Lipinski definition) is 5. The topological polar surface area (TPSA) is 51.2 Å². The molecule has 4 nitrogen and oxygen atoms in total. The van der Waals surface area contributed by atoms with Gasteiger partial charge in [0.15, 0.2) is 5.13 Å². The van der Waals surface area contributed by atoms with E-state index in [-0.39, 0.29) is 11.4 Å². The van der Waals surface area contributed by atoms with E-state index in [0.29, 0.717) is 12.8 Å².